The molecular formula is C18H29N5O3S. The summed E-state index contributed by atoms with van der Waals surface area (Å²) in [5.41, 5.74) is 0.0772. The van der Waals surface area contributed by atoms with Gasteiger partial charge in [0.25, 0.3) is 0 Å². The Balaban J connectivity index is 1.21. The van der Waals surface area contributed by atoms with E-state index in [1.807, 2.05) is 4.90 Å². The Morgan fingerprint density at radius 3 is 2.48 bits per heavy atom. The predicted molar refractivity (Wildman–Crippen MR) is 100 cm³/mol. The number of carbonyl (C=O) groups is 1. The van der Waals surface area contributed by atoms with Gasteiger partial charge in [0.05, 0.1) is 5.75 Å². The van der Waals surface area contributed by atoms with Gasteiger partial charge in [0.2, 0.25) is 15.9 Å². The number of aromatic nitrogens is 3. The van der Waals surface area contributed by atoms with E-state index in [9.17, 15) is 13.2 Å². The van der Waals surface area contributed by atoms with Gasteiger partial charge in [-0.1, -0.05) is 12.8 Å². The van der Waals surface area contributed by atoms with Crippen LogP contribution in [0.4, 0.5) is 0 Å². The number of likely N-dealkylation sites (tertiary alicyclic amines) is 1. The molecule has 1 atom stereocenters. The van der Waals surface area contributed by atoms with Crippen molar-refractivity contribution in [1.82, 2.24) is 24.4 Å². The van der Waals surface area contributed by atoms with Gasteiger partial charge in [0.1, 0.15) is 12.7 Å². The number of nitrogens with one attached hydrogen (secondary N) is 1. The molecule has 1 aromatic rings. The summed E-state index contributed by atoms with van der Waals surface area (Å²) in [6.45, 7) is 2.04. The summed E-state index contributed by atoms with van der Waals surface area (Å²) in [5, 5.41) is 7.48. The average molecular weight is 396 g/mol. The van der Waals surface area contributed by atoms with Gasteiger partial charge < -0.3 is 9.47 Å². The van der Waals surface area contributed by atoms with Crippen molar-refractivity contribution < 1.29 is 13.2 Å². The number of aryl methyl sites for hydroxylation is 1. The molecule has 1 amide bonds. The summed E-state index contributed by atoms with van der Waals surface area (Å²) in [4.78, 5) is 14.3. The van der Waals surface area contributed by atoms with Gasteiger partial charge in [-0.2, -0.15) is 0 Å². The molecular weight excluding hydrogens is 366 g/mol. The van der Waals surface area contributed by atoms with Crippen LogP contribution in [0.1, 0.15) is 51.4 Å². The Morgan fingerprint density at radius 1 is 1.15 bits per heavy atom. The lowest BCUT2D eigenvalue weighted by Gasteiger charge is -2.33. The summed E-state index contributed by atoms with van der Waals surface area (Å²) in [6.07, 6.45) is 10.8. The molecule has 8 nitrogen and oxygen atoms in total. The molecule has 150 valence electrons. The van der Waals surface area contributed by atoms with Crippen LogP contribution < -0.4 is 4.72 Å². The molecule has 4 rings (SSSR count). The Kier molecular flexibility index (Phi) is 5.24. The molecule has 2 heterocycles. The normalized spacial score (nSPS) is 25.2. The van der Waals surface area contributed by atoms with Crippen molar-refractivity contribution in [2.75, 3.05) is 18.8 Å². The summed E-state index contributed by atoms with van der Waals surface area (Å²) in [7, 11) is -3.19. The maximum Gasteiger partial charge on any atom is 0.224 e. The van der Waals surface area contributed by atoms with E-state index in [-0.39, 0.29) is 23.1 Å². The first-order chi connectivity index (χ1) is 13.0. The first-order valence-electron chi connectivity index (χ1n) is 10.1. The third-order valence-electron chi connectivity index (χ3n) is 6.60. The molecule has 9 heteroatoms. The topological polar surface area (TPSA) is 97.2 Å². The zero-order valence-corrected chi connectivity index (χ0v) is 16.5. The Labute approximate surface area is 160 Å². The fourth-order valence-electron chi connectivity index (χ4n) is 4.74. The zero-order chi connectivity index (χ0) is 18.9. The summed E-state index contributed by atoms with van der Waals surface area (Å²) in [5.74, 6) is 0.771. The highest BCUT2D eigenvalue weighted by atomic mass is 32.2. The van der Waals surface area contributed by atoms with Crippen molar-refractivity contribution in [3.8, 4) is 0 Å². The highest BCUT2D eigenvalue weighted by Gasteiger charge is 2.56. The number of amides is 1. The van der Waals surface area contributed by atoms with Gasteiger partial charge in [0, 0.05) is 32.1 Å². The standard InChI is InChI=1S/C18H29N5O3S/c24-17(5-8-22-13-19-20-14-22)23-9-6-18(7-10-23)11-16(18)21-27(25,26)12-15-3-1-2-4-15/h13-16,21H,1-12H2. The molecule has 1 saturated heterocycles. The van der Waals surface area contributed by atoms with Crippen molar-refractivity contribution in [3.05, 3.63) is 12.7 Å². The molecule has 27 heavy (non-hydrogen) atoms. The van der Waals surface area contributed by atoms with Crippen LogP contribution in [0.5, 0.6) is 0 Å². The Hall–Kier alpha value is -1.48. The summed E-state index contributed by atoms with van der Waals surface area (Å²) < 4.78 is 29.7. The second kappa shape index (κ2) is 7.50. The highest BCUT2D eigenvalue weighted by Crippen LogP contribution is 2.54. The fraction of sp³-hybridized carbons (Fsp3) is 0.833. The van der Waals surface area contributed by atoms with Crippen LogP contribution in [-0.2, 0) is 21.4 Å². The highest BCUT2D eigenvalue weighted by molar-refractivity contribution is 7.89. The number of piperidine rings is 1. The van der Waals surface area contributed by atoms with Crippen molar-refractivity contribution >= 4 is 15.9 Å². The predicted octanol–water partition coefficient (Wildman–Crippen LogP) is 1.16. The molecule has 2 saturated carbocycles. The second-order valence-electron chi connectivity index (χ2n) is 8.50. The minimum Gasteiger partial charge on any atom is -0.343 e. The van der Waals surface area contributed by atoms with Crippen molar-refractivity contribution in [2.24, 2.45) is 11.3 Å². The van der Waals surface area contributed by atoms with Crippen LogP contribution in [0, 0.1) is 11.3 Å². The smallest absolute Gasteiger partial charge is 0.224 e. The van der Waals surface area contributed by atoms with Crippen molar-refractivity contribution in [1.29, 1.82) is 0 Å². The monoisotopic (exact) mass is 395 g/mol. The van der Waals surface area contributed by atoms with Crippen LogP contribution in [0.25, 0.3) is 0 Å². The molecule has 1 N–H and O–H groups in total. The number of sulfonamides is 1. The van der Waals surface area contributed by atoms with Crippen molar-refractivity contribution in [3.63, 3.8) is 0 Å². The quantitative estimate of drug-likeness (QED) is 0.747. The van der Waals surface area contributed by atoms with Crippen LogP contribution >= 0.6 is 0 Å². The first-order valence-corrected chi connectivity index (χ1v) is 11.7. The van der Waals surface area contributed by atoms with Gasteiger partial charge in [-0.3, -0.25) is 4.79 Å². The summed E-state index contributed by atoms with van der Waals surface area (Å²) in [6, 6.07) is 0.0678. The zero-order valence-electron chi connectivity index (χ0n) is 15.7. The van der Waals surface area contributed by atoms with Gasteiger partial charge >= 0.3 is 0 Å². The minimum atomic E-state index is -3.19. The number of carbonyl (C=O) groups excluding carboxylic acids is 1. The lowest BCUT2D eigenvalue weighted by Crippen LogP contribution is -2.42. The van der Waals surface area contributed by atoms with E-state index < -0.39 is 10.0 Å². The SMILES string of the molecule is O=C(CCn1cnnc1)N1CCC2(CC1)CC2NS(=O)(=O)CC1CCCC1. The van der Waals surface area contributed by atoms with E-state index in [1.54, 1.807) is 17.2 Å². The van der Waals surface area contributed by atoms with E-state index >= 15 is 0 Å². The van der Waals surface area contributed by atoms with Crippen LogP contribution in [0.3, 0.4) is 0 Å². The maximum atomic E-state index is 12.4. The molecule has 1 aliphatic heterocycles. The molecule has 1 unspecified atom stereocenters. The third kappa shape index (κ3) is 4.51. The molecule has 2 aliphatic carbocycles. The molecule has 0 aromatic carbocycles. The second-order valence-corrected chi connectivity index (χ2v) is 10.3. The number of nitrogens with zero attached hydrogens (tertiary/aromatic N) is 4. The van der Waals surface area contributed by atoms with E-state index in [0.717, 1.165) is 58.0 Å². The molecule has 3 fully saturated rings. The van der Waals surface area contributed by atoms with E-state index in [4.69, 9.17) is 0 Å². The van der Waals surface area contributed by atoms with E-state index in [2.05, 4.69) is 14.9 Å². The Morgan fingerprint density at radius 2 is 1.81 bits per heavy atom. The van der Waals surface area contributed by atoms with Crippen molar-refractivity contribution in [2.45, 2.75) is 64.0 Å². The molecule has 0 bridgehead atoms. The molecule has 0 radical (unpaired) electrons. The number of hydrogen-bond donors (Lipinski definition) is 1. The molecule has 1 spiro atoms. The molecule has 3 aliphatic rings. The number of rotatable bonds is 7. The van der Waals surface area contributed by atoms with E-state index in [0.29, 0.717) is 18.9 Å². The fourth-order valence-corrected chi connectivity index (χ4v) is 6.56. The Bertz CT molecular complexity index is 750. The lowest BCUT2D eigenvalue weighted by atomic mass is 9.92. The van der Waals surface area contributed by atoms with Crippen LogP contribution in [-0.4, -0.2) is 58.9 Å². The molecule has 1 aromatic heterocycles. The minimum absolute atomic E-state index is 0.0678. The average Bonchev–Trinajstić information content (AvgIpc) is 3.09. The number of hydrogen-bond acceptors (Lipinski definition) is 5. The third-order valence-corrected chi connectivity index (χ3v) is 8.16. The van der Waals surface area contributed by atoms with Gasteiger partial charge in [-0.15, -0.1) is 10.2 Å². The van der Waals surface area contributed by atoms with Gasteiger partial charge in [-0.25, -0.2) is 13.1 Å². The summed E-state index contributed by atoms with van der Waals surface area (Å²) >= 11 is 0. The van der Waals surface area contributed by atoms with Crippen LogP contribution in [0.2, 0.25) is 0 Å². The first kappa shape index (κ1) is 18.9. The van der Waals surface area contributed by atoms with Gasteiger partial charge in [-0.05, 0) is 43.4 Å². The van der Waals surface area contributed by atoms with Crippen LogP contribution in [0.15, 0.2) is 12.7 Å². The van der Waals surface area contributed by atoms with Gasteiger partial charge in [0.15, 0.2) is 0 Å². The van der Waals surface area contributed by atoms with E-state index in [1.165, 1.54) is 0 Å². The maximum absolute atomic E-state index is 12.4. The largest absolute Gasteiger partial charge is 0.343 e. The lowest BCUT2D eigenvalue weighted by molar-refractivity contribution is -0.133.